The summed E-state index contributed by atoms with van der Waals surface area (Å²) >= 11 is 0. The largest absolute Gasteiger partial charge is 0.480 e. The van der Waals surface area contributed by atoms with Crippen molar-refractivity contribution in [1.29, 1.82) is 0 Å². The fourth-order valence-electron chi connectivity index (χ4n) is 1.64. The lowest BCUT2D eigenvalue weighted by Gasteiger charge is -2.23. The van der Waals surface area contributed by atoms with Crippen LogP contribution in [0.5, 0.6) is 0 Å². The van der Waals surface area contributed by atoms with Gasteiger partial charge in [-0.1, -0.05) is 0 Å². The summed E-state index contributed by atoms with van der Waals surface area (Å²) in [5.41, 5.74) is 0. The molecule has 92 valence electrons. The van der Waals surface area contributed by atoms with Crippen molar-refractivity contribution in [2.75, 3.05) is 19.8 Å². The van der Waals surface area contributed by atoms with Gasteiger partial charge in [0.05, 0.1) is 0 Å². The molecule has 6 nitrogen and oxygen atoms in total. The molecule has 16 heavy (non-hydrogen) atoms. The number of rotatable bonds is 5. The van der Waals surface area contributed by atoms with E-state index in [2.05, 4.69) is 5.32 Å². The lowest BCUT2D eigenvalue weighted by Crippen LogP contribution is -2.45. The van der Waals surface area contributed by atoms with Crippen molar-refractivity contribution in [3.05, 3.63) is 0 Å². The Hall–Kier alpha value is -1.14. The Morgan fingerprint density at radius 2 is 2.00 bits per heavy atom. The highest BCUT2D eigenvalue weighted by Crippen LogP contribution is 2.14. The summed E-state index contributed by atoms with van der Waals surface area (Å²) in [6.45, 7) is 0.816. The zero-order chi connectivity index (χ0) is 12.0. The molecule has 1 heterocycles. The van der Waals surface area contributed by atoms with Crippen molar-refractivity contribution in [2.24, 2.45) is 5.92 Å². The Morgan fingerprint density at radius 1 is 1.38 bits per heavy atom. The molecular formula is C10H17NO5. The van der Waals surface area contributed by atoms with Crippen LogP contribution in [-0.2, 0) is 14.3 Å². The Balaban J connectivity index is 2.43. The van der Waals surface area contributed by atoms with Gasteiger partial charge >= 0.3 is 5.97 Å². The van der Waals surface area contributed by atoms with E-state index in [0.717, 1.165) is 0 Å². The summed E-state index contributed by atoms with van der Waals surface area (Å²) in [5.74, 6) is -1.55. The first-order chi connectivity index (χ1) is 7.65. The molecule has 6 heteroatoms. The highest BCUT2D eigenvalue weighted by atomic mass is 16.5. The van der Waals surface area contributed by atoms with Gasteiger partial charge in [-0.2, -0.15) is 0 Å². The number of hydrogen-bond acceptors (Lipinski definition) is 4. The summed E-state index contributed by atoms with van der Waals surface area (Å²) in [7, 11) is 0. The highest BCUT2D eigenvalue weighted by Gasteiger charge is 2.26. The second-order valence-electron chi connectivity index (χ2n) is 3.80. The third-order valence-corrected chi connectivity index (χ3v) is 2.62. The van der Waals surface area contributed by atoms with Crippen LogP contribution in [0.1, 0.15) is 19.3 Å². The van der Waals surface area contributed by atoms with Gasteiger partial charge in [0.15, 0.2) is 0 Å². The number of carbonyl (C=O) groups excluding carboxylic acids is 1. The van der Waals surface area contributed by atoms with Gasteiger partial charge < -0.3 is 20.3 Å². The maximum absolute atomic E-state index is 11.7. The molecule has 0 saturated carbocycles. The molecular weight excluding hydrogens is 214 g/mol. The minimum Gasteiger partial charge on any atom is -0.480 e. The van der Waals surface area contributed by atoms with Crippen LogP contribution >= 0.6 is 0 Å². The van der Waals surface area contributed by atoms with Gasteiger partial charge in [0.2, 0.25) is 5.91 Å². The minimum absolute atomic E-state index is 0.0320. The molecule has 0 aliphatic carbocycles. The van der Waals surface area contributed by atoms with E-state index in [4.69, 9.17) is 14.9 Å². The van der Waals surface area contributed by atoms with E-state index in [1.807, 2.05) is 0 Å². The normalized spacial score (nSPS) is 19.1. The molecule has 0 spiro atoms. The first-order valence-corrected chi connectivity index (χ1v) is 5.37. The molecule has 1 aliphatic heterocycles. The maximum Gasteiger partial charge on any atom is 0.326 e. The number of carboxylic acids is 1. The van der Waals surface area contributed by atoms with Crippen molar-refractivity contribution >= 4 is 11.9 Å². The minimum atomic E-state index is -1.12. The fourth-order valence-corrected chi connectivity index (χ4v) is 1.64. The number of carboxylic acid groups (broad SMARTS) is 1. The lowest BCUT2D eigenvalue weighted by atomic mass is 9.99. The molecule has 1 aliphatic rings. The van der Waals surface area contributed by atoms with Crippen LogP contribution in [0, 0.1) is 5.92 Å². The van der Waals surface area contributed by atoms with Crippen LogP contribution in [0.25, 0.3) is 0 Å². The van der Waals surface area contributed by atoms with Crippen molar-refractivity contribution in [1.82, 2.24) is 5.32 Å². The molecule has 0 radical (unpaired) electrons. The molecule has 0 unspecified atom stereocenters. The van der Waals surface area contributed by atoms with E-state index in [-0.39, 0.29) is 24.9 Å². The summed E-state index contributed by atoms with van der Waals surface area (Å²) in [5, 5.41) is 19.9. The SMILES string of the molecule is O=C(N[C@@H](CCO)C(=O)O)C1CCOCC1. The zero-order valence-corrected chi connectivity index (χ0v) is 9.02. The van der Waals surface area contributed by atoms with E-state index in [1.54, 1.807) is 0 Å². The van der Waals surface area contributed by atoms with Gasteiger partial charge in [-0.15, -0.1) is 0 Å². The molecule has 1 amide bonds. The summed E-state index contributed by atoms with van der Waals surface area (Å²) in [6.07, 6.45) is 1.28. The summed E-state index contributed by atoms with van der Waals surface area (Å²) in [6, 6.07) is -1.000. The maximum atomic E-state index is 11.7. The molecule has 0 aromatic rings. The molecule has 0 bridgehead atoms. The number of carbonyl (C=O) groups is 2. The number of amides is 1. The van der Waals surface area contributed by atoms with E-state index in [1.165, 1.54) is 0 Å². The third kappa shape index (κ3) is 3.79. The quantitative estimate of drug-likeness (QED) is 0.585. The molecule has 1 fully saturated rings. The summed E-state index contributed by atoms with van der Waals surface area (Å²) in [4.78, 5) is 22.4. The molecule has 3 N–H and O–H groups in total. The number of aliphatic hydroxyl groups is 1. The Kier molecular flexibility index (Phi) is 5.21. The topological polar surface area (TPSA) is 95.9 Å². The smallest absolute Gasteiger partial charge is 0.326 e. The van der Waals surface area contributed by atoms with Crippen molar-refractivity contribution < 1.29 is 24.5 Å². The number of hydrogen-bond donors (Lipinski definition) is 3. The predicted octanol–water partition coefficient (Wildman–Crippen LogP) is -0.635. The Bertz CT molecular complexity index is 250. The molecule has 1 rings (SSSR count). The molecule has 1 saturated heterocycles. The monoisotopic (exact) mass is 231 g/mol. The predicted molar refractivity (Wildman–Crippen MR) is 54.8 cm³/mol. The van der Waals surface area contributed by atoms with Crippen LogP contribution < -0.4 is 5.32 Å². The average molecular weight is 231 g/mol. The second kappa shape index (κ2) is 6.44. The van der Waals surface area contributed by atoms with E-state index in [9.17, 15) is 9.59 Å². The molecule has 1 atom stereocenters. The van der Waals surface area contributed by atoms with Crippen molar-refractivity contribution in [3.8, 4) is 0 Å². The van der Waals surface area contributed by atoms with Crippen LogP contribution in [0.4, 0.5) is 0 Å². The third-order valence-electron chi connectivity index (χ3n) is 2.62. The number of aliphatic carboxylic acids is 1. The standard InChI is InChI=1S/C10H17NO5/c12-4-1-8(10(14)15)11-9(13)7-2-5-16-6-3-7/h7-8,12H,1-6H2,(H,11,13)(H,14,15)/t8-/m0/s1. The van der Waals surface area contributed by atoms with Gasteiger partial charge in [-0.3, -0.25) is 4.79 Å². The lowest BCUT2D eigenvalue weighted by molar-refractivity contribution is -0.143. The molecule has 0 aromatic carbocycles. The van der Waals surface area contributed by atoms with Gasteiger partial charge in [0.1, 0.15) is 6.04 Å². The summed E-state index contributed by atoms with van der Waals surface area (Å²) < 4.78 is 5.11. The second-order valence-corrected chi connectivity index (χ2v) is 3.80. The fraction of sp³-hybridized carbons (Fsp3) is 0.800. The first kappa shape index (κ1) is 12.9. The van der Waals surface area contributed by atoms with Gasteiger partial charge in [0, 0.05) is 32.2 Å². The Labute approximate surface area is 93.6 Å². The van der Waals surface area contributed by atoms with E-state index in [0.29, 0.717) is 26.1 Å². The van der Waals surface area contributed by atoms with Crippen LogP contribution in [0.2, 0.25) is 0 Å². The molecule has 0 aromatic heterocycles. The van der Waals surface area contributed by atoms with Crippen molar-refractivity contribution in [2.45, 2.75) is 25.3 Å². The first-order valence-electron chi connectivity index (χ1n) is 5.37. The average Bonchev–Trinajstić information content (AvgIpc) is 2.29. The van der Waals surface area contributed by atoms with E-state index < -0.39 is 12.0 Å². The van der Waals surface area contributed by atoms with E-state index >= 15 is 0 Å². The van der Waals surface area contributed by atoms with Crippen LogP contribution in [0.3, 0.4) is 0 Å². The highest BCUT2D eigenvalue weighted by molar-refractivity contribution is 5.84. The number of aliphatic hydroxyl groups excluding tert-OH is 1. The van der Waals surface area contributed by atoms with Crippen LogP contribution in [-0.4, -0.2) is 48.0 Å². The van der Waals surface area contributed by atoms with Gasteiger partial charge in [-0.25, -0.2) is 4.79 Å². The van der Waals surface area contributed by atoms with Crippen LogP contribution in [0.15, 0.2) is 0 Å². The van der Waals surface area contributed by atoms with Gasteiger partial charge in [0.25, 0.3) is 0 Å². The van der Waals surface area contributed by atoms with Gasteiger partial charge in [-0.05, 0) is 12.8 Å². The number of nitrogens with one attached hydrogen (secondary N) is 1. The Morgan fingerprint density at radius 3 is 2.50 bits per heavy atom. The van der Waals surface area contributed by atoms with Crippen molar-refractivity contribution in [3.63, 3.8) is 0 Å². The zero-order valence-electron chi connectivity index (χ0n) is 9.02. The number of ether oxygens (including phenoxy) is 1.